The fourth-order valence-corrected chi connectivity index (χ4v) is 2.92. The molecule has 2 heteroatoms. The van der Waals surface area contributed by atoms with Gasteiger partial charge in [-0.2, -0.15) is 0 Å². The lowest BCUT2D eigenvalue weighted by Crippen LogP contribution is -2.35. The second-order valence-corrected chi connectivity index (χ2v) is 6.58. The third-order valence-corrected chi connectivity index (χ3v) is 4.51. The molecule has 1 saturated heterocycles. The summed E-state index contributed by atoms with van der Waals surface area (Å²) in [6, 6.07) is 0.707. The molecule has 1 N–H and O–H groups in total. The number of unbranched alkanes of at least 4 members (excludes halogenated alkanes) is 3. The highest BCUT2D eigenvalue weighted by Crippen LogP contribution is 2.15. The zero-order valence-electron chi connectivity index (χ0n) is 13.6. The summed E-state index contributed by atoms with van der Waals surface area (Å²) in [5, 5.41) is 3.68. The molecule has 1 unspecified atom stereocenters. The van der Waals surface area contributed by atoms with Crippen LogP contribution in [0.4, 0.5) is 0 Å². The van der Waals surface area contributed by atoms with E-state index in [2.05, 4.69) is 31.0 Å². The Kier molecular flexibility index (Phi) is 9.54. The predicted molar refractivity (Wildman–Crippen MR) is 85.7 cm³/mol. The molecule has 1 fully saturated rings. The zero-order chi connectivity index (χ0) is 13.9. The Hall–Kier alpha value is -0.0800. The number of hydrogen-bond donors (Lipinski definition) is 1. The topological polar surface area (TPSA) is 15.3 Å². The van der Waals surface area contributed by atoms with E-state index in [9.17, 15) is 0 Å². The minimum atomic E-state index is 0.707. The summed E-state index contributed by atoms with van der Waals surface area (Å²) in [5.74, 6) is 0.956. The Labute approximate surface area is 121 Å². The van der Waals surface area contributed by atoms with Crippen molar-refractivity contribution in [2.75, 3.05) is 26.2 Å². The van der Waals surface area contributed by atoms with Crippen molar-refractivity contribution < 1.29 is 0 Å². The van der Waals surface area contributed by atoms with Crippen molar-refractivity contribution in [1.29, 1.82) is 0 Å². The van der Waals surface area contributed by atoms with Crippen LogP contribution in [0.3, 0.4) is 0 Å². The second kappa shape index (κ2) is 10.7. The van der Waals surface area contributed by atoms with Gasteiger partial charge in [-0.15, -0.1) is 0 Å². The van der Waals surface area contributed by atoms with Gasteiger partial charge in [0.15, 0.2) is 0 Å². The molecule has 19 heavy (non-hydrogen) atoms. The van der Waals surface area contributed by atoms with E-state index >= 15 is 0 Å². The summed E-state index contributed by atoms with van der Waals surface area (Å²) < 4.78 is 0. The third kappa shape index (κ3) is 8.65. The van der Waals surface area contributed by atoms with E-state index in [1.807, 2.05) is 0 Å². The van der Waals surface area contributed by atoms with Gasteiger partial charge in [0.05, 0.1) is 0 Å². The van der Waals surface area contributed by atoms with Crippen LogP contribution in [0.2, 0.25) is 0 Å². The smallest absolute Gasteiger partial charge is 0.00387 e. The largest absolute Gasteiger partial charge is 0.314 e. The average molecular weight is 268 g/mol. The normalized spacial score (nSPS) is 19.7. The Morgan fingerprint density at radius 1 is 1.11 bits per heavy atom. The number of piperidine rings is 1. The summed E-state index contributed by atoms with van der Waals surface area (Å²) >= 11 is 0. The number of hydrogen-bond acceptors (Lipinski definition) is 2. The van der Waals surface area contributed by atoms with E-state index in [1.54, 1.807) is 0 Å². The predicted octanol–water partition coefficient (Wildman–Crippen LogP) is 4.06. The maximum Gasteiger partial charge on any atom is 0.00387 e. The number of nitrogens with one attached hydrogen (secondary N) is 1. The van der Waals surface area contributed by atoms with Crippen LogP contribution in [0.15, 0.2) is 0 Å². The number of likely N-dealkylation sites (tertiary alicyclic amines) is 1. The molecule has 1 aliphatic heterocycles. The van der Waals surface area contributed by atoms with E-state index in [-0.39, 0.29) is 0 Å². The van der Waals surface area contributed by atoms with E-state index in [0.29, 0.717) is 6.04 Å². The molecule has 0 spiro atoms. The first-order valence-electron chi connectivity index (χ1n) is 8.68. The molecule has 0 saturated carbocycles. The van der Waals surface area contributed by atoms with Crippen molar-refractivity contribution in [2.45, 2.75) is 78.2 Å². The van der Waals surface area contributed by atoms with E-state index < -0.39 is 0 Å². The van der Waals surface area contributed by atoms with Crippen molar-refractivity contribution in [3.8, 4) is 0 Å². The van der Waals surface area contributed by atoms with Gasteiger partial charge < -0.3 is 10.2 Å². The first-order valence-corrected chi connectivity index (χ1v) is 8.68. The molecule has 0 amide bonds. The van der Waals surface area contributed by atoms with Gasteiger partial charge in [0, 0.05) is 6.04 Å². The summed E-state index contributed by atoms with van der Waals surface area (Å²) in [7, 11) is 0. The van der Waals surface area contributed by atoms with Gasteiger partial charge in [-0.25, -0.2) is 0 Å². The van der Waals surface area contributed by atoms with Crippen molar-refractivity contribution in [1.82, 2.24) is 10.2 Å². The van der Waals surface area contributed by atoms with Gasteiger partial charge in [-0.1, -0.05) is 39.5 Å². The minimum absolute atomic E-state index is 0.707. The average Bonchev–Trinajstić information content (AvgIpc) is 2.42. The van der Waals surface area contributed by atoms with Gasteiger partial charge in [0.1, 0.15) is 0 Å². The van der Waals surface area contributed by atoms with Gasteiger partial charge in [0.25, 0.3) is 0 Å². The van der Waals surface area contributed by atoms with Crippen LogP contribution in [0, 0.1) is 5.92 Å². The van der Waals surface area contributed by atoms with Crippen LogP contribution in [-0.2, 0) is 0 Å². The fourth-order valence-electron chi connectivity index (χ4n) is 2.92. The third-order valence-electron chi connectivity index (χ3n) is 4.51. The molecular formula is C17H36N2. The molecule has 1 rings (SSSR count). The first-order chi connectivity index (χ1) is 9.22. The summed E-state index contributed by atoms with van der Waals surface area (Å²) in [6.45, 7) is 12.2. The number of rotatable bonds is 10. The summed E-state index contributed by atoms with van der Waals surface area (Å²) in [4.78, 5) is 2.65. The van der Waals surface area contributed by atoms with Crippen LogP contribution >= 0.6 is 0 Å². The maximum absolute atomic E-state index is 3.68. The summed E-state index contributed by atoms with van der Waals surface area (Å²) in [6.07, 6.45) is 11.0. The van der Waals surface area contributed by atoms with Gasteiger partial charge in [-0.3, -0.25) is 0 Å². The van der Waals surface area contributed by atoms with Gasteiger partial charge >= 0.3 is 0 Å². The van der Waals surface area contributed by atoms with Crippen LogP contribution in [0.1, 0.15) is 72.1 Å². The van der Waals surface area contributed by atoms with Gasteiger partial charge in [-0.05, 0) is 64.7 Å². The maximum atomic E-state index is 3.68. The lowest BCUT2D eigenvalue weighted by atomic mass is 9.99. The molecule has 1 atom stereocenters. The van der Waals surface area contributed by atoms with Crippen molar-refractivity contribution >= 4 is 0 Å². The van der Waals surface area contributed by atoms with Crippen LogP contribution < -0.4 is 5.32 Å². The molecule has 0 aromatic rings. The quantitative estimate of drug-likeness (QED) is 0.601. The molecule has 1 aliphatic rings. The van der Waals surface area contributed by atoms with Crippen LogP contribution in [0.5, 0.6) is 0 Å². The van der Waals surface area contributed by atoms with Crippen molar-refractivity contribution in [3.05, 3.63) is 0 Å². The monoisotopic (exact) mass is 268 g/mol. The summed E-state index contributed by atoms with van der Waals surface area (Å²) in [5.41, 5.74) is 0. The SMILES string of the molecule is CCCCCCC(C)NCCCN1CCC(C)CC1. The van der Waals surface area contributed by atoms with Crippen LogP contribution in [0.25, 0.3) is 0 Å². The molecule has 0 aromatic carbocycles. The second-order valence-electron chi connectivity index (χ2n) is 6.58. The lowest BCUT2D eigenvalue weighted by molar-refractivity contribution is 0.190. The lowest BCUT2D eigenvalue weighted by Gasteiger charge is -2.30. The molecule has 114 valence electrons. The Morgan fingerprint density at radius 2 is 1.84 bits per heavy atom. The standard InChI is InChI=1S/C17H36N2/c1-4-5-6-7-9-17(3)18-12-8-13-19-14-10-16(2)11-15-19/h16-18H,4-15H2,1-3H3. The molecule has 2 nitrogen and oxygen atoms in total. The molecule has 0 aromatic heterocycles. The first kappa shape index (κ1) is 17.0. The zero-order valence-corrected chi connectivity index (χ0v) is 13.6. The Morgan fingerprint density at radius 3 is 2.53 bits per heavy atom. The van der Waals surface area contributed by atoms with E-state index in [1.165, 1.54) is 77.5 Å². The Bertz CT molecular complexity index is 197. The van der Waals surface area contributed by atoms with E-state index in [0.717, 1.165) is 5.92 Å². The Balaban J connectivity index is 1.89. The highest BCUT2D eigenvalue weighted by atomic mass is 15.1. The fraction of sp³-hybridized carbons (Fsp3) is 1.00. The van der Waals surface area contributed by atoms with E-state index in [4.69, 9.17) is 0 Å². The highest BCUT2D eigenvalue weighted by molar-refractivity contribution is 4.70. The highest BCUT2D eigenvalue weighted by Gasteiger charge is 2.14. The molecular weight excluding hydrogens is 232 g/mol. The van der Waals surface area contributed by atoms with Crippen molar-refractivity contribution in [3.63, 3.8) is 0 Å². The molecule has 0 bridgehead atoms. The molecule has 1 heterocycles. The van der Waals surface area contributed by atoms with Crippen molar-refractivity contribution in [2.24, 2.45) is 5.92 Å². The molecule has 0 aliphatic carbocycles. The van der Waals surface area contributed by atoms with Crippen LogP contribution in [-0.4, -0.2) is 37.1 Å². The number of nitrogens with zero attached hydrogens (tertiary/aromatic N) is 1. The molecule has 0 radical (unpaired) electrons. The van der Waals surface area contributed by atoms with Gasteiger partial charge in [0.2, 0.25) is 0 Å². The minimum Gasteiger partial charge on any atom is -0.314 e.